The maximum Gasteiger partial charge on any atom is 0.101 e. The highest BCUT2D eigenvalue weighted by Crippen LogP contribution is 2.34. The van der Waals surface area contributed by atoms with Gasteiger partial charge in [0.1, 0.15) is 6.07 Å². The number of rotatable bonds is 4. The lowest BCUT2D eigenvalue weighted by molar-refractivity contribution is 0.644. The maximum atomic E-state index is 8.91. The Hall–Kier alpha value is -1.60. The van der Waals surface area contributed by atoms with Crippen molar-refractivity contribution in [1.82, 2.24) is 4.98 Å². The predicted octanol–water partition coefficient (Wildman–Crippen LogP) is 1.10. The van der Waals surface area contributed by atoms with Gasteiger partial charge in [-0.15, -0.1) is 0 Å². The molecule has 0 spiro atoms. The van der Waals surface area contributed by atoms with Gasteiger partial charge in [-0.2, -0.15) is 5.26 Å². The quantitative estimate of drug-likeness (QED) is 0.766. The van der Waals surface area contributed by atoms with Crippen LogP contribution in [0, 0.1) is 17.2 Å². The topological polar surface area (TPSA) is 74.7 Å². The number of aromatic nitrogens is 1. The second kappa shape index (κ2) is 4.28. The van der Waals surface area contributed by atoms with Gasteiger partial charge in [0, 0.05) is 18.8 Å². The first-order chi connectivity index (χ1) is 7.35. The third kappa shape index (κ3) is 2.25. The van der Waals surface area contributed by atoms with Gasteiger partial charge >= 0.3 is 0 Å². The molecule has 1 unspecified atom stereocenters. The zero-order valence-corrected chi connectivity index (χ0v) is 8.48. The van der Waals surface area contributed by atoms with E-state index in [-0.39, 0.29) is 6.04 Å². The number of hydrogen-bond donors (Lipinski definition) is 2. The zero-order valence-electron chi connectivity index (χ0n) is 8.48. The third-order valence-corrected chi connectivity index (χ3v) is 2.73. The van der Waals surface area contributed by atoms with Crippen molar-refractivity contribution in [1.29, 1.82) is 5.26 Å². The minimum atomic E-state index is 0.279. The molecule has 78 valence electrons. The van der Waals surface area contributed by atoms with Crippen molar-refractivity contribution in [2.45, 2.75) is 18.9 Å². The number of hydrogen-bond acceptors (Lipinski definition) is 4. The zero-order chi connectivity index (χ0) is 10.7. The Morgan fingerprint density at radius 1 is 1.67 bits per heavy atom. The molecule has 0 aromatic carbocycles. The Morgan fingerprint density at radius 3 is 3.07 bits per heavy atom. The summed E-state index contributed by atoms with van der Waals surface area (Å²) >= 11 is 0. The summed E-state index contributed by atoms with van der Waals surface area (Å²) in [6.07, 6.45) is 5.77. The summed E-state index contributed by atoms with van der Waals surface area (Å²) in [6, 6.07) is 4.13. The number of nitrogens with one attached hydrogen (secondary N) is 1. The van der Waals surface area contributed by atoms with Gasteiger partial charge in [0.25, 0.3) is 0 Å². The van der Waals surface area contributed by atoms with Gasteiger partial charge in [0.2, 0.25) is 0 Å². The second-order valence-electron chi connectivity index (χ2n) is 3.86. The van der Waals surface area contributed by atoms with Crippen molar-refractivity contribution in [3.63, 3.8) is 0 Å². The van der Waals surface area contributed by atoms with Crippen LogP contribution in [0.3, 0.4) is 0 Å². The second-order valence-corrected chi connectivity index (χ2v) is 3.86. The highest BCUT2D eigenvalue weighted by atomic mass is 15.0. The molecule has 1 aromatic rings. The Bertz CT molecular complexity index is 378. The lowest BCUT2D eigenvalue weighted by Crippen LogP contribution is -2.31. The molecule has 1 fully saturated rings. The van der Waals surface area contributed by atoms with Gasteiger partial charge < -0.3 is 11.1 Å². The SMILES string of the molecule is N#Cc1ccncc1NC(CN)C1CC1. The molecule has 0 aliphatic heterocycles. The summed E-state index contributed by atoms with van der Waals surface area (Å²) < 4.78 is 0. The Labute approximate surface area is 89.1 Å². The van der Waals surface area contributed by atoms with E-state index < -0.39 is 0 Å². The summed E-state index contributed by atoms with van der Waals surface area (Å²) in [4.78, 5) is 4.01. The average Bonchev–Trinajstić information content (AvgIpc) is 3.10. The molecule has 4 heteroatoms. The van der Waals surface area contributed by atoms with Crippen molar-refractivity contribution in [3.05, 3.63) is 24.0 Å². The molecule has 2 rings (SSSR count). The molecule has 1 aliphatic rings. The van der Waals surface area contributed by atoms with E-state index in [4.69, 9.17) is 11.0 Å². The van der Waals surface area contributed by atoms with E-state index in [9.17, 15) is 0 Å². The minimum absolute atomic E-state index is 0.279. The first kappa shape index (κ1) is 9.94. The van der Waals surface area contributed by atoms with E-state index in [0.29, 0.717) is 18.0 Å². The van der Waals surface area contributed by atoms with Crippen molar-refractivity contribution in [3.8, 4) is 6.07 Å². The van der Waals surface area contributed by atoms with Crippen molar-refractivity contribution in [2.75, 3.05) is 11.9 Å². The fourth-order valence-electron chi connectivity index (χ4n) is 1.67. The summed E-state index contributed by atoms with van der Waals surface area (Å²) in [5, 5.41) is 12.2. The molecule has 1 aromatic heterocycles. The van der Waals surface area contributed by atoms with Crippen LogP contribution in [-0.2, 0) is 0 Å². The van der Waals surface area contributed by atoms with Crippen molar-refractivity contribution < 1.29 is 0 Å². The molecular weight excluding hydrogens is 188 g/mol. The normalized spacial score (nSPS) is 16.8. The lowest BCUT2D eigenvalue weighted by Gasteiger charge is -2.17. The van der Waals surface area contributed by atoms with Gasteiger partial charge in [0.15, 0.2) is 0 Å². The lowest BCUT2D eigenvalue weighted by atomic mass is 10.1. The van der Waals surface area contributed by atoms with Crippen LogP contribution in [0.2, 0.25) is 0 Å². The largest absolute Gasteiger partial charge is 0.378 e. The summed E-state index contributed by atoms with van der Waals surface area (Å²) in [5.41, 5.74) is 7.11. The molecule has 4 nitrogen and oxygen atoms in total. The van der Waals surface area contributed by atoms with E-state index in [1.54, 1.807) is 18.5 Å². The molecule has 15 heavy (non-hydrogen) atoms. The molecule has 1 saturated carbocycles. The van der Waals surface area contributed by atoms with Crippen LogP contribution < -0.4 is 11.1 Å². The van der Waals surface area contributed by atoms with Crippen LogP contribution in [-0.4, -0.2) is 17.6 Å². The third-order valence-electron chi connectivity index (χ3n) is 2.73. The predicted molar refractivity (Wildman–Crippen MR) is 58.1 cm³/mol. The smallest absolute Gasteiger partial charge is 0.101 e. The van der Waals surface area contributed by atoms with E-state index in [0.717, 1.165) is 5.69 Å². The Kier molecular flexibility index (Phi) is 2.84. The maximum absolute atomic E-state index is 8.91. The summed E-state index contributed by atoms with van der Waals surface area (Å²) in [5.74, 6) is 0.668. The first-order valence-corrected chi connectivity index (χ1v) is 5.16. The van der Waals surface area contributed by atoms with Gasteiger partial charge in [0.05, 0.1) is 17.4 Å². The van der Waals surface area contributed by atoms with E-state index in [2.05, 4.69) is 16.4 Å². The first-order valence-electron chi connectivity index (χ1n) is 5.16. The highest BCUT2D eigenvalue weighted by Gasteiger charge is 2.30. The monoisotopic (exact) mass is 202 g/mol. The molecule has 1 aliphatic carbocycles. The van der Waals surface area contributed by atoms with Crippen LogP contribution in [0.5, 0.6) is 0 Å². The number of anilines is 1. The minimum Gasteiger partial charge on any atom is -0.378 e. The number of pyridine rings is 1. The average molecular weight is 202 g/mol. The van der Waals surface area contributed by atoms with Crippen LogP contribution >= 0.6 is 0 Å². The molecule has 1 atom stereocenters. The molecule has 0 radical (unpaired) electrons. The van der Waals surface area contributed by atoms with Crippen LogP contribution in [0.15, 0.2) is 18.5 Å². The van der Waals surface area contributed by atoms with Crippen LogP contribution in [0.25, 0.3) is 0 Å². The van der Waals surface area contributed by atoms with Gasteiger partial charge in [-0.1, -0.05) is 0 Å². The number of nitrogens with two attached hydrogens (primary N) is 1. The Balaban J connectivity index is 2.12. The van der Waals surface area contributed by atoms with Crippen molar-refractivity contribution >= 4 is 5.69 Å². The van der Waals surface area contributed by atoms with Gasteiger partial charge in [-0.25, -0.2) is 0 Å². The fourth-order valence-corrected chi connectivity index (χ4v) is 1.67. The van der Waals surface area contributed by atoms with E-state index in [1.165, 1.54) is 12.8 Å². The van der Waals surface area contributed by atoms with Gasteiger partial charge in [-0.3, -0.25) is 4.98 Å². The van der Waals surface area contributed by atoms with E-state index >= 15 is 0 Å². The molecule has 3 N–H and O–H groups in total. The molecule has 1 heterocycles. The standard InChI is InChI=1S/C11H14N4/c12-5-9-3-4-14-7-11(9)15-10(6-13)8-1-2-8/h3-4,7-8,10,15H,1-2,6,13H2. The van der Waals surface area contributed by atoms with Crippen LogP contribution in [0.1, 0.15) is 18.4 Å². The number of nitriles is 1. The van der Waals surface area contributed by atoms with E-state index in [1.807, 2.05) is 0 Å². The highest BCUT2D eigenvalue weighted by molar-refractivity contribution is 5.56. The molecular formula is C11H14N4. The van der Waals surface area contributed by atoms with Crippen LogP contribution in [0.4, 0.5) is 5.69 Å². The van der Waals surface area contributed by atoms with Crippen molar-refractivity contribution in [2.24, 2.45) is 11.7 Å². The molecule has 0 bridgehead atoms. The summed E-state index contributed by atoms with van der Waals surface area (Å²) in [6.45, 7) is 0.602. The molecule has 0 saturated heterocycles. The fraction of sp³-hybridized carbons (Fsp3) is 0.455. The van der Waals surface area contributed by atoms with Gasteiger partial charge in [-0.05, 0) is 24.8 Å². The molecule has 0 amide bonds. The number of nitrogens with zero attached hydrogens (tertiary/aromatic N) is 2. The Morgan fingerprint density at radius 2 is 2.47 bits per heavy atom. The summed E-state index contributed by atoms with van der Waals surface area (Å²) in [7, 11) is 0.